The normalized spacial score (nSPS) is 16.7. The molecule has 0 aliphatic carbocycles. The van der Waals surface area contributed by atoms with E-state index in [1.165, 1.54) is 0 Å². The lowest BCUT2D eigenvalue weighted by molar-refractivity contribution is 0.0927. The first-order chi connectivity index (χ1) is 17.8. The zero-order chi connectivity index (χ0) is 25.3. The molecule has 0 aromatic heterocycles. The van der Waals surface area contributed by atoms with Crippen LogP contribution in [0.25, 0.3) is 0 Å². The van der Waals surface area contributed by atoms with Gasteiger partial charge in [0.25, 0.3) is 0 Å². The van der Waals surface area contributed by atoms with Gasteiger partial charge in [-0.25, -0.2) is 0 Å². The van der Waals surface area contributed by atoms with Gasteiger partial charge in [-0.3, -0.25) is 9.80 Å². The van der Waals surface area contributed by atoms with Crippen LogP contribution in [0, 0.1) is 0 Å². The number of hydrogen-bond donors (Lipinski definition) is 0. The van der Waals surface area contributed by atoms with E-state index in [9.17, 15) is 0 Å². The number of ether oxygens (including phenoxy) is 6. The van der Waals surface area contributed by atoms with E-state index in [1.54, 1.807) is 0 Å². The highest BCUT2D eigenvalue weighted by molar-refractivity contribution is 5.40. The fraction of sp³-hybridized carbons (Fsp3) is 0.571. The van der Waals surface area contributed by atoms with E-state index in [4.69, 9.17) is 28.4 Å². The van der Waals surface area contributed by atoms with E-state index in [0.29, 0.717) is 52.9 Å². The minimum Gasteiger partial charge on any atom is -0.488 e. The monoisotopic (exact) mass is 502 g/mol. The molecule has 2 aromatic carbocycles. The summed E-state index contributed by atoms with van der Waals surface area (Å²) in [5.41, 5.74) is 0. The van der Waals surface area contributed by atoms with Crippen LogP contribution in [-0.4, -0.2) is 102 Å². The summed E-state index contributed by atoms with van der Waals surface area (Å²) in [4.78, 5) is 4.59. The Balaban J connectivity index is 1.69. The van der Waals surface area contributed by atoms with Crippen LogP contribution in [0.5, 0.6) is 23.0 Å². The summed E-state index contributed by atoms with van der Waals surface area (Å²) in [5, 5.41) is 0. The molecule has 0 unspecified atom stereocenters. The third kappa shape index (κ3) is 10.2. The molecule has 200 valence electrons. The van der Waals surface area contributed by atoms with Gasteiger partial charge in [-0.2, -0.15) is 0 Å². The summed E-state index contributed by atoms with van der Waals surface area (Å²) >= 11 is 0. The maximum absolute atomic E-state index is 6.13. The Kier molecular flexibility index (Phi) is 13.3. The maximum Gasteiger partial charge on any atom is 0.161 e. The first kappa shape index (κ1) is 28.1. The molecule has 0 atom stereocenters. The third-order valence-corrected chi connectivity index (χ3v) is 5.87. The molecule has 1 aliphatic rings. The lowest BCUT2D eigenvalue weighted by atomic mass is 10.3. The Labute approximate surface area is 216 Å². The average molecular weight is 503 g/mol. The summed E-state index contributed by atoms with van der Waals surface area (Å²) in [7, 11) is 0. The van der Waals surface area contributed by atoms with Gasteiger partial charge in [0.05, 0.1) is 13.2 Å². The molecule has 36 heavy (non-hydrogen) atoms. The average Bonchev–Trinajstić information content (AvgIpc) is 2.89. The van der Waals surface area contributed by atoms with Gasteiger partial charge in [-0.1, -0.05) is 24.3 Å². The predicted molar refractivity (Wildman–Crippen MR) is 141 cm³/mol. The number of nitrogens with zero attached hydrogens (tertiary/aromatic N) is 2. The third-order valence-electron chi connectivity index (χ3n) is 5.87. The Morgan fingerprint density at radius 2 is 0.861 bits per heavy atom. The highest BCUT2D eigenvalue weighted by atomic mass is 16.5. The molecule has 0 N–H and O–H groups in total. The minimum absolute atomic E-state index is 0.548. The number of para-hydroxylation sites is 4. The molecular weight excluding hydrogens is 460 g/mol. The van der Waals surface area contributed by atoms with Crippen LogP contribution in [0.3, 0.4) is 0 Å². The molecule has 0 fully saturated rings. The van der Waals surface area contributed by atoms with Gasteiger partial charge >= 0.3 is 0 Å². The van der Waals surface area contributed by atoms with Crippen molar-refractivity contribution >= 4 is 0 Å². The number of fused-ring (bicyclic) bond motifs is 2. The largest absolute Gasteiger partial charge is 0.488 e. The van der Waals surface area contributed by atoms with Crippen molar-refractivity contribution in [1.82, 2.24) is 9.80 Å². The van der Waals surface area contributed by atoms with E-state index >= 15 is 0 Å². The Morgan fingerprint density at radius 1 is 0.556 bits per heavy atom. The Morgan fingerprint density at radius 3 is 1.14 bits per heavy atom. The molecule has 0 saturated heterocycles. The summed E-state index contributed by atoms with van der Waals surface area (Å²) in [6.45, 7) is 13.6. The highest BCUT2D eigenvalue weighted by Crippen LogP contribution is 2.27. The second kappa shape index (κ2) is 17.0. The van der Waals surface area contributed by atoms with Gasteiger partial charge in [0.15, 0.2) is 23.0 Å². The van der Waals surface area contributed by atoms with Crippen molar-refractivity contribution in [2.75, 3.05) is 92.1 Å². The molecule has 1 heterocycles. The van der Waals surface area contributed by atoms with Crippen LogP contribution in [0.2, 0.25) is 0 Å². The van der Waals surface area contributed by atoms with Crippen LogP contribution < -0.4 is 18.9 Å². The SMILES string of the molecule is CCOCCN1CCOc2ccccc2OCCN(CCOCC)CCOc2ccccc2OCC1. The standard InChI is InChI=1S/C28H42N2O6/c1-3-31-19-13-29-15-21-33-25-9-5-7-11-27(25)35-23-17-30(14-20-32-4-2)18-24-36-28-12-8-6-10-26(28)34-22-16-29/h5-12H,3-4,13-24H2,1-2H3. The van der Waals surface area contributed by atoms with Gasteiger partial charge in [-0.05, 0) is 38.1 Å². The van der Waals surface area contributed by atoms with E-state index in [1.807, 2.05) is 62.4 Å². The van der Waals surface area contributed by atoms with E-state index in [-0.39, 0.29) is 0 Å². The molecule has 0 spiro atoms. The van der Waals surface area contributed by atoms with Gasteiger partial charge < -0.3 is 28.4 Å². The van der Waals surface area contributed by atoms with Gasteiger partial charge in [0.2, 0.25) is 0 Å². The van der Waals surface area contributed by atoms with Gasteiger partial charge in [-0.15, -0.1) is 0 Å². The first-order valence-electron chi connectivity index (χ1n) is 13.1. The summed E-state index contributed by atoms with van der Waals surface area (Å²) in [6, 6.07) is 15.7. The second-order valence-electron chi connectivity index (χ2n) is 8.36. The van der Waals surface area contributed by atoms with Crippen molar-refractivity contribution < 1.29 is 28.4 Å². The predicted octanol–water partition coefficient (Wildman–Crippen LogP) is 3.59. The fourth-order valence-electron chi connectivity index (χ4n) is 3.86. The van der Waals surface area contributed by atoms with E-state index in [2.05, 4.69) is 9.80 Å². The van der Waals surface area contributed by atoms with E-state index < -0.39 is 0 Å². The van der Waals surface area contributed by atoms with Crippen LogP contribution in [0.15, 0.2) is 48.5 Å². The lowest BCUT2D eigenvalue weighted by Gasteiger charge is -2.25. The van der Waals surface area contributed by atoms with Crippen LogP contribution in [0.1, 0.15) is 13.8 Å². The topological polar surface area (TPSA) is 61.9 Å². The summed E-state index contributed by atoms with van der Waals surface area (Å²) in [6.07, 6.45) is 0. The first-order valence-corrected chi connectivity index (χ1v) is 13.1. The van der Waals surface area contributed by atoms with Crippen LogP contribution in [-0.2, 0) is 9.47 Å². The molecule has 8 nitrogen and oxygen atoms in total. The van der Waals surface area contributed by atoms with Crippen molar-refractivity contribution in [3.8, 4) is 23.0 Å². The molecule has 0 bridgehead atoms. The number of benzene rings is 2. The molecule has 1 aliphatic heterocycles. The second-order valence-corrected chi connectivity index (χ2v) is 8.36. The van der Waals surface area contributed by atoms with Crippen molar-refractivity contribution in [3.05, 3.63) is 48.5 Å². The Bertz CT molecular complexity index is 725. The number of rotatable bonds is 8. The van der Waals surface area contributed by atoms with E-state index in [0.717, 1.165) is 62.3 Å². The minimum atomic E-state index is 0.548. The van der Waals surface area contributed by atoms with Crippen molar-refractivity contribution in [2.24, 2.45) is 0 Å². The molecular formula is C28H42N2O6. The molecule has 0 saturated carbocycles. The van der Waals surface area contributed by atoms with Gasteiger partial charge in [0.1, 0.15) is 26.4 Å². The lowest BCUT2D eigenvalue weighted by Crippen LogP contribution is -2.36. The Hall–Kier alpha value is -2.52. The zero-order valence-electron chi connectivity index (χ0n) is 21.9. The van der Waals surface area contributed by atoms with Crippen molar-refractivity contribution in [1.29, 1.82) is 0 Å². The quantitative estimate of drug-likeness (QED) is 0.508. The molecule has 0 amide bonds. The summed E-state index contributed by atoms with van der Waals surface area (Å²) < 4.78 is 35.7. The van der Waals surface area contributed by atoms with Crippen molar-refractivity contribution in [3.63, 3.8) is 0 Å². The van der Waals surface area contributed by atoms with Crippen LogP contribution in [0.4, 0.5) is 0 Å². The molecule has 8 heteroatoms. The molecule has 0 radical (unpaired) electrons. The highest BCUT2D eigenvalue weighted by Gasteiger charge is 2.12. The fourth-order valence-corrected chi connectivity index (χ4v) is 3.86. The zero-order valence-corrected chi connectivity index (χ0v) is 21.9. The summed E-state index contributed by atoms with van der Waals surface area (Å²) in [5.74, 6) is 3.05. The van der Waals surface area contributed by atoms with Crippen molar-refractivity contribution in [2.45, 2.75) is 13.8 Å². The number of hydrogen-bond acceptors (Lipinski definition) is 8. The molecule has 2 aromatic rings. The smallest absolute Gasteiger partial charge is 0.161 e. The molecule has 3 rings (SSSR count). The van der Waals surface area contributed by atoms with Gasteiger partial charge in [0, 0.05) is 52.5 Å². The maximum atomic E-state index is 6.13. The van der Waals surface area contributed by atoms with Crippen LogP contribution >= 0.6 is 0 Å².